The molecule has 8 nitrogen and oxygen atoms in total. The van der Waals surface area contributed by atoms with Crippen LogP contribution < -0.4 is 16.0 Å². The Labute approximate surface area is 195 Å². The van der Waals surface area contributed by atoms with Gasteiger partial charge in [0.05, 0.1) is 36.1 Å². The average Bonchev–Trinajstić information content (AvgIpc) is 3.17. The van der Waals surface area contributed by atoms with Crippen LogP contribution in [0.2, 0.25) is 0 Å². The van der Waals surface area contributed by atoms with E-state index in [2.05, 4.69) is 0 Å². The van der Waals surface area contributed by atoms with Crippen LogP contribution in [-0.2, 0) is 34.7 Å². The highest BCUT2D eigenvalue weighted by Gasteiger charge is 2.45. The first kappa shape index (κ1) is 21.9. The molecular weight excluding hydrogens is 446 g/mol. The zero-order valence-electron chi connectivity index (χ0n) is 18.3. The summed E-state index contributed by atoms with van der Waals surface area (Å²) in [5.41, 5.74) is 10.2. The number of carbonyl (C=O) groups excluding carboxylic acids is 1. The molecule has 4 heterocycles. The molecule has 172 valence electrons. The Morgan fingerprint density at radius 3 is 2.82 bits per heavy atom. The molecule has 0 bridgehead atoms. The van der Waals surface area contributed by atoms with Crippen LogP contribution in [0.4, 0.5) is 0 Å². The van der Waals surface area contributed by atoms with Gasteiger partial charge in [-0.2, -0.15) is 0 Å². The van der Waals surface area contributed by atoms with Gasteiger partial charge in [0.15, 0.2) is 5.60 Å². The zero-order valence-corrected chi connectivity index (χ0v) is 19.1. The number of benzene rings is 1. The Morgan fingerprint density at radius 1 is 1.30 bits per heavy atom. The SMILES string of the molecule is CC[C@@]1(O)C(=O)OCc2c1cc1n(c2=O)Cc2c-1nc1ccc(OC)c3c1c2CCC3N.Cl. The first-order chi connectivity index (χ1) is 15.4. The quantitative estimate of drug-likeness (QED) is 0.433. The number of aromatic nitrogens is 2. The molecule has 1 unspecified atom stereocenters. The Balaban J connectivity index is 0.00000228. The lowest BCUT2D eigenvalue weighted by Crippen LogP contribution is -2.44. The second kappa shape index (κ2) is 7.28. The van der Waals surface area contributed by atoms with Crippen molar-refractivity contribution >= 4 is 29.3 Å². The van der Waals surface area contributed by atoms with Gasteiger partial charge in [-0.1, -0.05) is 6.92 Å². The number of rotatable bonds is 2. The van der Waals surface area contributed by atoms with Crippen molar-refractivity contribution in [3.63, 3.8) is 0 Å². The number of halogens is 1. The van der Waals surface area contributed by atoms with Crippen molar-refractivity contribution in [2.75, 3.05) is 7.11 Å². The van der Waals surface area contributed by atoms with E-state index < -0.39 is 11.6 Å². The van der Waals surface area contributed by atoms with Gasteiger partial charge in [-0.15, -0.1) is 12.4 Å². The van der Waals surface area contributed by atoms with Crippen molar-refractivity contribution in [2.24, 2.45) is 5.73 Å². The lowest BCUT2D eigenvalue weighted by molar-refractivity contribution is -0.172. The molecule has 0 radical (unpaired) electrons. The average molecular weight is 470 g/mol. The molecule has 0 fully saturated rings. The maximum atomic E-state index is 13.4. The van der Waals surface area contributed by atoms with Crippen LogP contribution in [-0.4, -0.2) is 27.7 Å². The fourth-order valence-electron chi connectivity index (χ4n) is 5.54. The highest BCUT2D eigenvalue weighted by Crippen LogP contribution is 2.45. The summed E-state index contributed by atoms with van der Waals surface area (Å²) in [5.74, 6) is 0.0295. The van der Waals surface area contributed by atoms with Crippen LogP contribution in [0.3, 0.4) is 0 Å². The third-order valence-corrected chi connectivity index (χ3v) is 7.27. The van der Waals surface area contributed by atoms with Crippen molar-refractivity contribution in [2.45, 2.75) is 51.0 Å². The Morgan fingerprint density at radius 2 is 2.09 bits per heavy atom. The minimum Gasteiger partial charge on any atom is -0.496 e. The van der Waals surface area contributed by atoms with Crippen LogP contribution in [0.25, 0.3) is 22.3 Å². The largest absolute Gasteiger partial charge is 0.496 e. The molecule has 3 N–H and O–H groups in total. The summed E-state index contributed by atoms with van der Waals surface area (Å²) in [6, 6.07) is 5.41. The molecule has 1 aromatic carbocycles. The van der Waals surface area contributed by atoms with E-state index in [0.29, 0.717) is 23.4 Å². The first-order valence-electron chi connectivity index (χ1n) is 10.8. The standard InChI is InChI=1S/C24H23N3O5.ClH/c1-3-24(30)14-8-17-21-12(9-27(17)22(28)13(14)10-32-23(24)29)11-4-5-15(25)20-18(31-2)7-6-16(26-21)19(11)20;/h6-8,15,30H,3-5,9-10,25H2,1-2H3;1H/t15?,24-;/m0./s1. The minimum atomic E-state index is -1.83. The number of hydrogen-bond donors (Lipinski definition) is 2. The van der Waals surface area contributed by atoms with Gasteiger partial charge >= 0.3 is 5.97 Å². The first-order valence-corrected chi connectivity index (χ1v) is 10.8. The number of methoxy groups -OCH3 is 1. The van der Waals surface area contributed by atoms with Gasteiger partial charge in [-0.05, 0) is 43.0 Å². The fraction of sp³-hybridized carbons (Fsp3) is 0.375. The number of carbonyl (C=O) groups is 1. The number of aryl methyl sites for hydroxylation is 1. The molecule has 2 aromatic heterocycles. The number of cyclic esters (lactones) is 1. The van der Waals surface area contributed by atoms with Crippen molar-refractivity contribution in [3.05, 3.63) is 56.4 Å². The van der Waals surface area contributed by atoms with E-state index in [1.54, 1.807) is 24.7 Å². The maximum absolute atomic E-state index is 13.4. The minimum absolute atomic E-state index is 0. The summed E-state index contributed by atoms with van der Waals surface area (Å²) in [6.07, 6.45) is 1.68. The smallest absolute Gasteiger partial charge is 0.343 e. The summed E-state index contributed by atoms with van der Waals surface area (Å²) in [6.45, 7) is 1.95. The Hall–Kier alpha value is -2.94. The molecule has 2 atom stereocenters. The number of ether oxygens (including phenoxy) is 2. The van der Waals surface area contributed by atoms with E-state index >= 15 is 0 Å². The lowest BCUT2D eigenvalue weighted by atomic mass is 9.83. The second-order valence-electron chi connectivity index (χ2n) is 8.74. The number of aliphatic hydroxyl groups is 1. The molecule has 3 aliphatic rings. The number of hydrogen-bond acceptors (Lipinski definition) is 7. The molecule has 9 heteroatoms. The Kier molecular flexibility index (Phi) is 4.83. The van der Waals surface area contributed by atoms with Crippen LogP contribution in [0, 0.1) is 0 Å². The van der Waals surface area contributed by atoms with E-state index in [4.69, 9.17) is 20.2 Å². The number of pyridine rings is 2. The fourth-order valence-corrected chi connectivity index (χ4v) is 5.54. The van der Waals surface area contributed by atoms with E-state index in [-0.39, 0.29) is 37.0 Å². The number of nitrogens with two attached hydrogens (primary N) is 1. The predicted molar refractivity (Wildman–Crippen MR) is 124 cm³/mol. The van der Waals surface area contributed by atoms with E-state index in [9.17, 15) is 14.7 Å². The van der Waals surface area contributed by atoms with Crippen molar-refractivity contribution in [1.29, 1.82) is 0 Å². The molecule has 0 saturated heterocycles. The number of nitrogens with zero attached hydrogens (tertiary/aromatic N) is 2. The van der Waals surface area contributed by atoms with Crippen LogP contribution in [0.1, 0.15) is 53.6 Å². The van der Waals surface area contributed by atoms with E-state index in [1.807, 2.05) is 12.1 Å². The van der Waals surface area contributed by atoms with Gasteiger partial charge in [-0.3, -0.25) is 4.79 Å². The molecule has 2 aliphatic heterocycles. The summed E-state index contributed by atoms with van der Waals surface area (Å²) in [7, 11) is 1.64. The monoisotopic (exact) mass is 469 g/mol. The molecule has 33 heavy (non-hydrogen) atoms. The molecule has 6 rings (SSSR count). The molecule has 3 aromatic rings. The second-order valence-corrected chi connectivity index (χ2v) is 8.74. The Bertz CT molecular complexity index is 1420. The van der Waals surface area contributed by atoms with Gasteiger partial charge < -0.3 is 24.9 Å². The van der Waals surface area contributed by atoms with Crippen molar-refractivity contribution < 1.29 is 19.4 Å². The highest BCUT2D eigenvalue weighted by atomic mass is 35.5. The lowest BCUT2D eigenvalue weighted by Gasteiger charge is -2.31. The highest BCUT2D eigenvalue weighted by molar-refractivity contribution is 5.93. The summed E-state index contributed by atoms with van der Waals surface area (Å²) < 4.78 is 12.4. The summed E-state index contributed by atoms with van der Waals surface area (Å²) >= 11 is 0. The molecule has 0 saturated carbocycles. The molecule has 1 aliphatic carbocycles. The molecular formula is C24H24ClN3O5. The van der Waals surface area contributed by atoms with Gasteiger partial charge in [0, 0.05) is 28.1 Å². The maximum Gasteiger partial charge on any atom is 0.343 e. The van der Waals surface area contributed by atoms with Gasteiger partial charge in [0.2, 0.25) is 0 Å². The molecule has 0 amide bonds. The van der Waals surface area contributed by atoms with Crippen molar-refractivity contribution in [1.82, 2.24) is 9.55 Å². The molecule has 0 spiro atoms. The van der Waals surface area contributed by atoms with Crippen molar-refractivity contribution in [3.8, 4) is 17.1 Å². The number of esters is 1. The predicted octanol–water partition coefficient (Wildman–Crippen LogP) is 2.46. The topological polar surface area (TPSA) is 117 Å². The third-order valence-electron chi connectivity index (χ3n) is 7.27. The normalized spacial score (nSPS) is 22.2. The van der Waals surface area contributed by atoms with Gasteiger partial charge in [-0.25, -0.2) is 9.78 Å². The zero-order chi connectivity index (χ0) is 22.4. The van der Waals surface area contributed by atoms with Gasteiger partial charge in [0.1, 0.15) is 12.4 Å². The van der Waals surface area contributed by atoms with Crippen LogP contribution >= 0.6 is 12.4 Å². The summed E-state index contributed by atoms with van der Waals surface area (Å²) in [4.78, 5) is 30.7. The van der Waals surface area contributed by atoms with Crippen LogP contribution in [0.5, 0.6) is 5.75 Å². The van der Waals surface area contributed by atoms with E-state index in [1.165, 1.54) is 0 Å². The third kappa shape index (κ3) is 2.68. The van der Waals surface area contributed by atoms with Crippen LogP contribution in [0.15, 0.2) is 23.0 Å². The number of fused-ring (bicyclic) bond motifs is 5. The van der Waals surface area contributed by atoms with Gasteiger partial charge in [0.25, 0.3) is 5.56 Å². The van der Waals surface area contributed by atoms with E-state index in [0.717, 1.165) is 51.9 Å². The summed E-state index contributed by atoms with van der Waals surface area (Å²) in [5, 5.41) is 12.0.